The first-order chi connectivity index (χ1) is 7.70. The molecule has 2 rings (SSSR count). The molecule has 1 heterocycles. The van der Waals surface area contributed by atoms with Crippen molar-refractivity contribution in [2.24, 2.45) is 11.3 Å². The van der Waals surface area contributed by atoms with E-state index in [1.165, 1.54) is 19.3 Å². The number of hydrogen-bond donors (Lipinski definition) is 2. The van der Waals surface area contributed by atoms with Crippen LogP contribution in [0.25, 0.3) is 0 Å². The van der Waals surface area contributed by atoms with E-state index in [9.17, 15) is 9.90 Å². The van der Waals surface area contributed by atoms with Crippen molar-refractivity contribution in [1.82, 2.24) is 5.32 Å². The minimum atomic E-state index is -0.705. The van der Waals surface area contributed by atoms with Gasteiger partial charge in [0.15, 0.2) is 0 Å². The molecule has 4 nitrogen and oxygen atoms in total. The Hall–Kier alpha value is -0.610. The van der Waals surface area contributed by atoms with Gasteiger partial charge in [0.25, 0.3) is 0 Å². The summed E-state index contributed by atoms with van der Waals surface area (Å²) in [7, 11) is 1.88. The third-order valence-corrected chi connectivity index (χ3v) is 4.17. The van der Waals surface area contributed by atoms with Crippen LogP contribution in [-0.4, -0.2) is 37.4 Å². The third-order valence-electron chi connectivity index (χ3n) is 4.17. The van der Waals surface area contributed by atoms with E-state index in [2.05, 4.69) is 5.32 Å². The summed E-state index contributed by atoms with van der Waals surface area (Å²) in [5, 5.41) is 12.6. The molecule has 0 aromatic rings. The highest BCUT2D eigenvalue weighted by Gasteiger charge is 2.54. The van der Waals surface area contributed by atoms with Gasteiger partial charge in [-0.2, -0.15) is 0 Å². The molecule has 0 aromatic carbocycles. The number of carbonyl (C=O) groups is 1. The van der Waals surface area contributed by atoms with Crippen LogP contribution in [0.3, 0.4) is 0 Å². The van der Waals surface area contributed by atoms with E-state index in [0.717, 1.165) is 12.8 Å². The van der Waals surface area contributed by atoms with Gasteiger partial charge >= 0.3 is 5.97 Å². The number of aliphatic carboxylic acids is 1. The van der Waals surface area contributed by atoms with Crippen molar-refractivity contribution in [3.8, 4) is 0 Å². The Morgan fingerprint density at radius 3 is 2.38 bits per heavy atom. The molecule has 1 saturated carbocycles. The SMILES string of the molecule is CNC(C1CCCCC1)C1(C(=O)O)COC1. The predicted octanol–water partition coefficient (Wildman–Crippen LogP) is 1.26. The van der Waals surface area contributed by atoms with Crippen LogP contribution in [0, 0.1) is 11.3 Å². The molecular formula is C12H21NO3. The molecule has 1 saturated heterocycles. The summed E-state index contributed by atoms with van der Waals surface area (Å²) >= 11 is 0. The van der Waals surface area contributed by atoms with Gasteiger partial charge in [-0.3, -0.25) is 4.79 Å². The quantitative estimate of drug-likeness (QED) is 0.759. The lowest BCUT2D eigenvalue weighted by atomic mass is 9.69. The number of ether oxygens (including phenoxy) is 1. The maximum Gasteiger partial charge on any atom is 0.315 e. The summed E-state index contributed by atoms with van der Waals surface area (Å²) in [5.41, 5.74) is -0.670. The molecular weight excluding hydrogens is 206 g/mol. The van der Waals surface area contributed by atoms with Gasteiger partial charge in [-0.15, -0.1) is 0 Å². The van der Waals surface area contributed by atoms with Gasteiger partial charge in [0.05, 0.1) is 13.2 Å². The predicted molar refractivity (Wildman–Crippen MR) is 60.3 cm³/mol. The first-order valence-electron chi connectivity index (χ1n) is 6.19. The van der Waals surface area contributed by atoms with Crippen LogP contribution in [-0.2, 0) is 9.53 Å². The molecule has 1 unspecified atom stereocenters. The van der Waals surface area contributed by atoms with Crippen LogP contribution >= 0.6 is 0 Å². The molecule has 2 fully saturated rings. The number of nitrogens with one attached hydrogen (secondary N) is 1. The Kier molecular flexibility index (Phi) is 3.50. The van der Waals surface area contributed by atoms with Crippen molar-refractivity contribution in [3.05, 3.63) is 0 Å². The molecule has 1 aliphatic heterocycles. The Balaban J connectivity index is 2.10. The molecule has 0 spiro atoms. The zero-order chi connectivity index (χ0) is 11.6. The average Bonchev–Trinajstić information content (AvgIpc) is 2.23. The largest absolute Gasteiger partial charge is 0.481 e. The van der Waals surface area contributed by atoms with Gasteiger partial charge < -0.3 is 15.2 Å². The number of carboxylic acid groups (broad SMARTS) is 1. The summed E-state index contributed by atoms with van der Waals surface area (Å²) < 4.78 is 5.15. The van der Waals surface area contributed by atoms with Crippen LogP contribution in [0.5, 0.6) is 0 Å². The highest BCUT2D eigenvalue weighted by atomic mass is 16.5. The monoisotopic (exact) mass is 227 g/mol. The lowest BCUT2D eigenvalue weighted by Crippen LogP contribution is -2.63. The zero-order valence-electron chi connectivity index (χ0n) is 9.87. The Morgan fingerprint density at radius 1 is 1.38 bits per heavy atom. The second-order valence-electron chi connectivity index (χ2n) is 5.12. The molecule has 1 aliphatic carbocycles. The first kappa shape index (κ1) is 11.9. The zero-order valence-corrected chi connectivity index (χ0v) is 9.87. The lowest BCUT2D eigenvalue weighted by molar-refractivity contribution is -0.190. The summed E-state index contributed by atoms with van der Waals surface area (Å²) in [4.78, 5) is 11.4. The minimum Gasteiger partial charge on any atom is -0.481 e. The first-order valence-corrected chi connectivity index (χ1v) is 6.19. The van der Waals surface area contributed by atoms with E-state index in [0.29, 0.717) is 19.1 Å². The Bertz CT molecular complexity index is 257. The summed E-state index contributed by atoms with van der Waals surface area (Å²) in [6.07, 6.45) is 6.07. The highest BCUT2D eigenvalue weighted by molar-refractivity contribution is 5.77. The van der Waals surface area contributed by atoms with E-state index >= 15 is 0 Å². The molecule has 2 aliphatic rings. The smallest absolute Gasteiger partial charge is 0.315 e. The van der Waals surface area contributed by atoms with E-state index in [1.54, 1.807) is 0 Å². The van der Waals surface area contributed by atoms with E-state index in [-0.39, 0.29) is 6.04 Å². The van der Waals surface area contributed by atoms with Gasteiger partial charge in [-0.25, -0.2) is 0 Å². The molecule has 16 heavy (non-hydrogen) atoms. The summed E-state index contributed by atoms with van der Waals surface area (Å²) in [5.74, 6) is -0.206. The number of carboxylic acids is 1. The standard InChI is InChI=1S/C12H21NO3/c1-13-10(9-5-3-2-4-6-9)12(11(14)15)7-16-8-12/h9-10,13H,2-8H2,1H3,(H,14,15). The van der Waals surface area contributed by atoms with Gasteiger partial charge in [-0.1, -0.05) is 19.3 Å². The van der Waals surface area contributed by atoms with E-state index < -0.39 is 11.4 Å². The Labute approximate surface area is 96.4 Å². The second-order valence-corrected chi connectivity index (χ2v) is 5.12. The number of hydrogen-bond acceptors (Lipinski definition) is 3. The van der Waals surface area contributed by atoms with Crippen LogP contribution < -0.4 is 5.32 Å². The van der Waals surface area contributed by atoms with Gasteiger partial charge in [0, 0.05) is 6.04 Å². The molecule has 0 radical (unpaired) electrons. The van der Waals surface area contributed by atoms with Crippen molar-refractivity contribution in [2.75, 3.05) is 20.3 Å². The molecule has 0 amide bonds. The molecule has 1 atom stereocenters. The van der Waals surface area contributed by atoms with Crippen LogP contribution in [0.2, 0.25) is 0 Å². The van der Waals surface area contributed by atoms with E-state index in [4.69, 9.17) is 4.74 Å². The van der Waals surface area contributed by atoms with Crippen molar-refractivity contribution >= 4 is 5.97 Å². The molecule has 4 heteroatoms. The Morgan fingerprint density at radius 2 is 2.00 bits per heavy atom. The third kappa shape index (κ3) is 1.84. The van der Waals surface area contributed by atoms with Crippen LogP contribution in [0.4, 0.5) is 0 Å². The maximum atomic E-state index is 11.4. The molecule has 0 aromatic heterocycles. The fourth-order valence-corrected chi connectivity index (χ4v) is 3.19. The topological polar surface area (TPSA) is 58.6 Å². The average molecular weight is 227 g/mol. The minimum absolute atomic E-state index is 0.0686. The van der Waals surface area contributed by atoms with Crippen molar-refractivity contribution in [3.63, 3.8) is 0 Å². The number of rotatable bonds is 4. The lowest BCUT2D eigenvalue weighted by Gasteiger charge is -2.47. The van der Waals surface area contributed by atoms with Crippen molar-refractivity contribution in [1.29, 1.82) is 0 Å². The second kappa shape index (κ2) is 4.72. The van der Waals surface area contributed by atoms with Crippen LogP contribution in [0.15, 0.2) is 0 Å². The van der Waals surface area contributed by atoms with E-state index in [1.807, 2.05) is 7.05 Å². The fourth-order valence-electron chi connectivity index (χ4n) is 3.19. The fraction of sp³-hybridized carbons (Fsp3) is 0.917. The van der Waals surface area contributed by atoms with Gasteiger partial charge in [0.2, 0.25) is 0 Å². The maximum absolute atomic E-state index is 11.4. The normalized spacial score (nSPS) is 27.1. The van der Waals surface area contributed by atoms with Crippen LogP contribution in [0.1, 0.15) is 32.1 Å². The van der Waals surface area contributed by atoms with Gasteiger partial charge in [-0.05, 0) is 25.8 Å². The molecule has 0 bridgehead atoms. The molecule has 92 valence electrons. The van der Waals surface area contributed by atoms with Crippen molar-refractivity contribution < 1.29 is 14.6 Å². The molecule has 2 N–H and O–H groups in total. The van der Waals surface area contributed by atoms with Gasteiger partial charge in [0.1, 0.15) is 5.41 Å². The summed E-state index contributed by atoms with van der Waals surface area (Å²) in [6, 6.07) is 0.0686. The summed E-state index contributed by atoms with van der Waals surface area (Å²) in [6.45, 7) is 0.731. The highest BCUT2D eigenvalue weighted by Crippen LogP contribution is 2.40. The van der Waals surface area contributed by atoms with Crippen molar-refractivity contribution in [2.45, 2.75) is 38.1 Å².